The maximum Gasteiger partial charge on any atom is 0.159 e. The van der Waals surface area contributed by atoms with Gasteiger partial charge in [-0.15, -0.1) is 11.6 Å². The van der Waals surface area contributed by atoms with Crippen molar-refractivity contribution in [3.63, 3.8) is 0 Å². The molecular weight excluding hydrogens is 236 g/mol. The molecule has 2 aromatic carbocycles. The van der Waals surface area contributed by atoms with Crippen molar-refractivity contribution < 1.29 is 4.84 Å². The zero-order valence-electron chi connectivity index (χ0n) is 9.06. The van der Waals surface area contributed by atoms with Crippen molar-refractivity contribution in [2.75, 3.05) is 10.9 Å². The number of hydrogen-bond acceptors (Lipinski definition) is 3. The van der Waals surface area contributed by atoms with Gasteiger partial charge in [0.05, 0.1) is 17.8 Å². The molecule has 1 aliphatic rings. The zero-order chi connectivity index (χ0) is 11.7. The van der Waals surface area contributed by atoms with Crippen LogP contribution < -0.4 is 10.6 Å². The summed E-state index contributed by atoms with van der Waals surface area (Å²) in [6.45, 7) is 0. The minimum atomic E-state index is 0.355. The number of anilines is 1. The first-order valence-corrected chi connectivity index (χ1v) is 5.88. The van der Waals surface area contributed by atoms with Crippen LogP contribution in [0.15, 0.2) is 54.4 Å². The predicted octanol–water partition coefficient (Wildman–Crippen LogP) is 3.18. The van der Waals surface area contributed by atoms with Crippen molar-refractivity contribution in [3.8, 4) is 0 Å². The zero-order valence-corrected chi connectivity index (χ0v) is 9.82. The van der Waals surface area contributed by atoms with Gasteiger partial charge in [-0.25, -0.2) is 5.01 Å². The molecule has 0 atom stereocenters. The van der Waals surface area contributed by atoms with Gasteiger partial charge in [-0.1, -0.05) is 42.0 Å². The summed E-state index contributed by atoms with van der Waals surface area (Å²) in [4.78, 5) is 5.22. The number of fused-ring (bicyclic) bond motifs is 1. The molecule has 3 nitrogen and oxygen atoms in total. The van der Waals surface area contributed by atoms with Crippen LogP contribution in [0, 0.1) is 0 Å². The van der Waals surface area contributed by atoms with Gasteiger partial charge < -0.3 is 4.84 Å². The van der Waals surface area contributed by atoms with E-state index in [-0.39, 0.29) is 0 Å². The van der Waals surface area contributed by atoms with E-state index in [1.165, 1.54) is 5.39 Å². The first-order valence-electron chi connectivity index (χ1n) is 5.34. The minimum Gasteiger partial charge on any atom is -0.390 e. The van der Waals surface area contributed by atoms with Gasteiger partial charge in [0, 0.05) is 5.39 Å². The summed E-state index contributed by atoms with van der Waals surface area (Å²) in [5.41, 5.74) is 3.87. The Bertz CT molecular complexity index is 577. The quantitative estimate of drug-likeness (QED) is 0.824. The van der Waals surface area contributed by atoms with Gasteiger partial charge in [-0.05, 0) is 11.5 Å². The normalized spacial score (nSPS) is 14.9. The molecule has 0 bridgehead atoms. The van der Waals surface area contributed by atoms with E-state index < -0.39 is 0 Å². The van der Waals surface area contributed by atoms with Crippen LogP contribution in [0.2, 0.25) is 0 Å². The lowest BCUT2D eigenvalue weighted by molar-refractivity contribution is 0.133. The molecule has 3 rings (SSSR count). The molecule has 0 aliphatic carbocycles. The van der Waals surface area contributed by atoms with Gasteiger partial charge in [-0.2, -0.15) is 0 Å². The van der Waals surface area contributed by atoms with Gasteiger partial charge >= 0.3 is 0 Å². The average molecular weight is 247 g/mol. The van der Waals surface area contributed by atoms with Gasteiger partial charge in [-0.3, -0.25) is 0 Å². The Kier molecular flexibility index (Phi) is 2.63. The molecular formula is C13H11ClN2O. The summed E-state index contributed by atoms with van der Waals surface area (Å²) in [5, 5.41) is 4.19. The van der Waals surface area contributed by atoms with E-state index in [4.69, 9.17) is 16.4 Å². The second kappa shape index (κ2) is 4.28. The number of rotatable bonds is 2. The van der Waals surface area contributed by atoms with E-state index in [9.17, 15) is 0 Å². The first-order chi connectivity index (χ1) is 8.38. The molecule has 17 heavy (non-hydrogen) atoms. The molecule has 86 valence electrons. The molecule has 0 spiro atoms. The summed E-state index contributed by atoms with van der Waals surface area (Å²) < 4.78 is 0. The molecule has 4 heteroatoms. The molecule has 0 fully saturated rings. The number of allylic oxidation sites excluding steroid dienone is 1. The number of alkyl halides is 1. The Labute approximate surface area is 104 Å². The van der Waals surface area contributed by atoms with E-state index in [2.05, 4.69) is 23.8 Å². The van der Waals surface area contributed by atoms with Gasteiger partial charge in [0.1, 0.15) is 0 Å². The van der Waals surface area contributed by atoms with Crippen LogP contribution in [0.25, 0.3) is 10.8 Å². The van der Waals surface area contributed by atoms with E-state index in [1.54, 1.807) is 0 Å². The van der Waals surface area contributed by atoms with Crippen LogP contribution in [0.4, 0.5) is 5.69 Å². The summed E-state index contributed by atoms with van der Waals surface area (Å²) in [6.07, 6.45) is 1.86. The van der Waals surface area contributed by atoms with Crippen LogP contribution in [-0.2, 0) is 4.84 Å². The lowest BCUT2D eigenvalue weighted by Crippen LogP contribution is -2.27. The van der Waals surface area contributed by atoms with Crippen molar-refractivity contribution in [1.29, 1.82) is 0 Å². The molecule has 1 N–H and O–H groups in total. The number of nitrogens with zero attached hydrogens (tertiary/aromatic N) is 1. The minimum absolute atomic E-state index is 0.355. The van der Waals surface area contributed by atoms with Crippen molar-refractivity contribution >= 4 is 28.1 Å². The monoisotopic (exact) mass is 246 g/mol. The fourth-order valence-electron chi connectivity index (χ4n) is 1.90. The molecule has 0 saturated carbocycles. The lowest BCUT2D eigenvalue weighted by Gasteiger charge is -2.16. The lowest BCUT2D eigenvalue weighted by atomic mass is 10.1. The number of hydrogen-bond donors (Lipinski definition) is 1. The van der Waals surface area contributed by atoms with Crippen molar-refractivity contribution in [1.82, 2.24) is 5.59 Å². The van der Waals surface area contributed by atoms with Crippen LogP contribution >= 0.6 is 11.6 Å². The first kappa shape index (κ1) is 10.4. The van der Waals surface area contributed by atoms with Crippen LogP contribution in [0.1, 0.15) is 0 Å². The summed E-state index contributed by atoms with van der Waals surface area (Å²) in [5.74, 6) is 1.06. The maximum atomic E-state index is 5.72. The maximum absolute atomic E-state index is 5.72. The topological polar surface area (TPSA) is 24.5 Å². The van der Waals surface area contributed by atoms with Crippen LogP contribution in [0.5, 0.6) is 0 Å². The molecule has 2 aromatic rings. The van der Waals surface area contributed by atoms with E-state index in [1.807, 2.05) is 35.5 Å². The number of hydrazine groups is 1. The van der Waals surface area contributed by atoms with E-state index in [0.29, 0.717) is 11.6 Å². The fraction of sp³-hybridized carbons (Fsp3) is 0.0769. The smallest absolute Gasteiger partial charge is 0.159 e. The summed E-state index contributed by atoms with van der Waals surface area (Å²) in [6, 6.07) is 14.4. The Morgan fingerprint density at radius 3 is 2.76 bits per heavy atom. The Morgan fingerprint density at radius 2 is 1.94 bits per heavy atom. The third-order valence-corrected chi connectivity index (χ3v) is 2.97. The molecule has 0 aromatic heterocycles. The number of benzene rings is 2. The van der Waals surface area contributed by atoms with Gasteiger partial charge in [0.25, 0.3) is 0 Å². The van der Waals surface area contributed by atoms with E-state index in [0.717, 1.165) is 11.1 Å². The number of halogens is 1. The number of nitrogens with one attached hydrogen (secondary N) is 1. The second-order valence-corrected chi connectivity index (χ2v) is 4.06. The third-order valence-electron chi connectivity index (χ3n) is 2.71. The highest BCUT2D eigenvalue weighted by molar-refractivity contribution is 6.19. The van der Waals surface area contributed by atoms with Crippen LogP contribution in [0.3, 0.4) is 0 Å². The highest BCUT2D eigenvalue weighted by Crippen LogP contribution is 2.27. The standard InChI is InChI=1S/C13H11ClN2O/c14-8-11-9-16(15-17-11)13-7-3-5-10-4-1-2-6-12(10)13/h1-7,9,15H,8H2. The second-order valence-electron chi connectivity index (χ2n) is 3.79. The third kappa shape index (κ3) is 1.84. The van der Waals surface area contributed by atoms with Crippen LogP contribution in [-0.4, -0.2) is 5.88 Å². The molecule has 0 radical (unpaired) electrons. The highest BCUT2D eigenvalue weighted by Gasteiger charge is 2.15. The molecule has 0 amide bonds. The molecule has 0 unspecified atom stereocenters. The van der Waals surface area contributed by atoms with Gasteiger partial charge in [0.15, 0.2) is 5.76 Å². The van der Waals surface area contributed by atoms with E-state index >= 15 is 0 Å². The van der Waals surface area contributed by atoms with Crippen molar-refractivity contribution in [2.45, 2.75) is 0 Å². The van der Waals surface area contributed by atoms with Gasteiger partial charge in [0.2, 0.25) is 0 Å². The van der Waals surface area contributed by atoms with Crippen molar-refractivity contribution in [3.05, 3.63) is 54.4 Å². The van der Waals surface area contributed by atoms with Crippen molar-refractivity contribution in [2.24, 2.45) is 0 Å². The molecule has 1 aliphatic heterocycles. The fourth-order valence-corrected chi connectivity index (χ4v) is 2.03. The SMILES string of the molecule is ClCC1=CN(c2cccc3ccccc23)NO1. The largest absolute Gasteiger partial charge is 0.390 e. The Hall–Kier alpha value is -1.71. The highest BCUT2D eigenvalue weighted by atomic mass is 35.5. The predicted molar refractivity (Wildman–Crippen MR) is 69.5 cm³/mol. The summed E-state index contributed by atoms with van der Waals surface area (Å²) >= 11 is 5.72. The molecule has 1 heterocycles. The Morgan fingerprint density at radius 1 is 1.12 bits per heavy atom. The molecule has 0 saturated heterocycles. The average Bonchev–Trinajstić information content (AvgIpc) is 2.87. The Balaban J connectivity index is 2.09. The summed E-state index contributed by atoms with van der Waals surface area (Å²) in [7, 11) is 0.